The zero-order valence-electron chi connectivity index (χ0n) is 14.1. The SMILES string of the molecule is CC12CCC(C(=Cc3ccc([N+](C)(C)[O-])cc3)C1=O)C2(C)C. The summed E-state index contributed by atoms with van der Waals surface area (Å²) in [6.45, 7) is 6.57. The molecule has 0 heterocycles. The maximum absolute atomic E-state index is 12.8. The van der Waals surface area contributed by atoms with Crippen molar-refractivity contribution in [2.24, 2.45) is 16.7 Å². The van der Waals surface area contributed by atoms with Crippen LogP contribution in [0.15, 0.2) is 29.8 Å². The van der Waals surface area contributed by atoms with Gasteiger partial charge >= 0.3 is 0 Å². The largest absolute Gasteiger partial charge is 0.628 e. The van der Waals surface area contributed by atoms with E-state index in [0.717, 1.165) is 24.0 Å². The molecule has 2 unspecified atom stereocenters. The van der Waals surface area contributed by atoms with Crippen LogP contribution in [0.3, 0.4) is 0 Å². The normalized spacial score (nSPS) is 32.0. The number of hydrogen-bond donors (Lipinski definition) is 0. The van der Waals surface area contributed by atoms with E-state index in [-0.39, 0.29) is 10.8 Å². The molecule has 1 aromatic carbocycles. The number of benzene rings is 1. The maximum Gasteiger partial charge on any atom is 0.165 e. The van der Waals surface area contributed by atoms with Gasteiger partial charge in [-0.3, -0.25) is 4.79 Å². The van der Waals surface area contributed by atoms with Crippen LogP contribution in [0.4, 0.5) is 5.69 Å². The van der Waals surface area contributed by atoms with Gasteiger partial charge in [0.15, 0.2) is 5.78 Å². The van der Waals surface area contributed by atoms with Crippen LogP contribution in [0.25, 0.3) is 6.08 Å². The molecule has 118 valence electrons. The lowest BCUT2D eigenvalue weighted by atomic mass is 9.70. The highest BCUT2D eigenvalue weighted by molar-refractivity contribution is 6.07. The van der Waals surface area contributed by atoms with E-state index >= 15 is 0 Å². The lowest BCUT2D eigenvalue weighted by molar-refractivity contribution is -0.125. The number of Topliss-reactive ketones (excluding diaryl/α,β-unsaturated/α-hetero) is 1. The Morgan fingerprint density at radius 3 is 2.23 bits per heavy atom. The first-order valence-corrected chi connectivity index (χ1v) is 7.99. The molecule has 2 bridgehead atoms. The first-order valence-electron chi connectivity index (χ1n) is 7.99. The lowest BCUT2D eigenvalue weighted by Gasteiger charge is -2.33. The average molecular weight is 299 g/mol. The Labute approximate surface area is 132 Å². The summed E-state index contributed by atoms with van der Waals surface area (Å²) in [5.41, 5.74) is 2.53. The molecule has 2 atom stereocenters. The monoisotopic (exact) mass is 299 g/mol. The fourth-order valence-electron chi connectivity index (χ4n) is 4.20. The Balaban J connectivity index is 1.96. The third-order valence-electron chi connectivity index (χ3n) is 6.20. The second-order valence-electron chi connectivity index (χ2n) is 8.02. The van der Waals surface area contributed by atoms with Crippen molar-refractivity contribution in [1.29, 1.82) is 0 Å². The van der Waals surface area contributed by atoms with Crippen LogP contribution in [0.1, 0.15) is 39.2 Å². The first-order chi connectivity index (χ1) is 10.1. The smallest absolute Gasteiger partial charge is 0.165 e. The first kappa shape index (κ1) is 15.4. The number of allylic oxidation sites excluding steroid dienone is 1. The third-order valence-corrected chi connectivity index (χ3v) is 6.20. The third kappa shape index (κ3) is 1.99. The summed E-state index contributed by atoms with van der Waals surface area (Å²) >= 11 is 0. The average Bonchev–Trinajstić information content (AvgIpc) is 2.73. The molecule has 0 N–H and O–H groups in total. The predicted octanol–water partition coefficient (Wildman–Crippen LogP) is 4.16. The van der Waals surface area contributed by atoms with Crippen LogP contribution in [0, 0.1) is 22.0 Å². The Hall–Kier alpha value is -1.45. The zero-order valence-corrected chi connectivity index (χ0v) is 14.1. The standard InChI is InChI=1S/C19H25NO2/c1-18(2)16-10-11-19(18,3)17(21)15(16)12-13-6-8-14(9-7-13)20(4,5)22/h6-9,12,16H,10-11H2,1-5H3. The Bertz CT molecular complexity index is 649. The molecule has 2 saturated carbocycles. The summed E-state index contributed by atoms with van der Waals surface area (Å²) in [5, 5.41) is 11.9. The lowest BCUT2D eigenvalue weighted by Crippen LogP contribution is -2.32. The number of ketones is 1. The van der Waals surface area contributed by atoms with Gasteiger partial charge in [-0.2, -0.15) is 0 Å². The van der Waals surface area contributed by atoms with E-state index in [9.17, 15) is 10.0 Å². The van der Waals surface area contributed by atoms with E-state index < -0.39 is 4.65 Å². The van der Waals surface area contributed by atoms with Crippen LogP contribution in [-0.2, 0) is 4.79 Å². The van der Waals surface area contributed by atoms with Gasteiger partial charge in [-0.05, 0) is 65.7 Å². The van der Waals surface area contributed by atoms with Gasteiger partial charge in [0.2, 0.25) is 0 Å². The quantitative estimate of drug-likeness (QED) is 0.467. The number of carbonyl (C=O) groups is 1. The van der Waals surface area contributed by atoms with Crippen LogP contribution in [0.5, 0.6) is 0 Å². The van der Waals surface area contributed by atoms with Crippen LogP contribution >= 0.6 is 0 Å². The van der Waals surface area contributed by atoms with Crippen molar-refractivity contribution in [3.63, 3.8) is 0 Å². The van der Waals surface area contributed by atoms with Gasteiger partial charge in [-0.15, -0.1) is 0 Å². The molecule has 22 heavy (non-hydrogen) atoms. The second kappa shape index (κ2) is 4.53. The Morgan fingerprint density at radius 1 is 1.18 bits per heavy atom. The fourth-order valence-corrected chi connectivity index (χ4v) is 4.20. The van der Waals surface area contributed by atoms with E-state index in [4.69, 9.17) is 0 Å². The number of quaternary nitrogens is 1. The van der Waals surface area contributed by atoms with E-state index in [1.807, 2.05) is 30.3 Å². The topological polar surface area (TPSA) is 40.1 Å². The van der Waals surface area contributed by atoms with Gasteiger partial charge < -0.3 is 9.85 Å². The molecule has 0 aromatic heterocycles. The molecule has 0 spiro atoms. The van der Waals surface area contributed by atoms with Crippen molar-refractivity contribution in [2.75, 3.05) is 14.1 Å². The number of hydrogen-bond acceptors (Lipinski definition) is 2. The molecule has 2 fully saturated rings. The van der Waals surface area contributed by atoms with Gasteiger partial charge in [-0.25, -0.2) is 0 Å². The molecule has 3 heteroatoms. The van der Waals surface area contributed by atoms with Gasteiger partial charge in [0.05, 0.1) is 14.1 Å². The fraction of sp³-hybridized carbons (Fsp3) is 0.526. The highest BCUT2D eigenvalue weighted by Gasteiger charge is 2.63. The van der Waals surface area contributed by atoms with Gasteiger partial charge in [0.1, 0.15) is 5.69 Å². The van der Waals surface area contributed by atoms with Gasteiger partial charge in [0.25, 0.3) is 0 Å². The summed E-state index contributed by atoms with van der Waals surface area (Å²) in [6, 6.07) is 7.58. The highest BCUT2D eigenvalue weighted by Crippen LogP contribution is 2.65. The minimum absolute atomic E-state index is 0.0454. The summed E-state index contributed by atoms with van der Waals surface area (Å²) in [7, 11) is 3.21. The maximum atomic E-state index is 12.8. The molecule has 0 amide bonds. The van der Waals surface area contributed by atoms with Crippen molar-refractivity contribution < 1.29 is 4.79 Å². The van der Waals surface area contributed by atoms with E-state index in [0.29, 0.717) is 17.4 Å². The molecular weight excluding hydrogens is 274 g/mol. The summed E-state index contributed by atoms with van der Waals surface area (Å²) in [5.74, 6) is 0.675. The summed E-state index contributed by atoms with van der Waals surface area (Å²) in [4.78, 5) is 12.8. The minimum Gasteiger partial charge on any atom is -0.628 e. The highest BCUT2D eigenvalue weighted by atomic mass is 16.5. The molecule has 1 aromatic rings. The zero-order chi connectivity index (χ0) is 16.3. The molecule has 0 saturated heterocycles. The molecular formula is C19H25NO2. The number of hydroxylamine groups is 2. The van der Waals surface area contributed by atoms with Gasteiger partial charge in [-0.1, -0.05) is 20.8 Å². The van der Waals surface area contributed by atoms with E-state index in [1.54, 1.807) is 14.1 Å². The van der Waals surface area contributed by atoms with Crippen LogP contribution in [-0.4, -0.2) is 19.9 Å². The Kier molecular flexibility index (Phi) is 3.18. The van der Waals surface area contributed by atoms with E-state index in [2.05, 4.69) is 20.8 Å². The van der Waals surface area contributed by atoms with E-state index in [1.165, 1.54) is 0 Å². The number of rotatable bonds is 2. The summed E-state index contributed by atoms with van der Waals surface area (Å²) < 4.78 is -0.441. The van der Waals surface area contributed by atoms with Crippen LogP contribution < -0.4 is 4.65 Å². The molecule has 2 aliphatic rings. The number of carbonyl (C=O) groups excluding carboxylic acids is 1. The molecule has 2 aliphatic carbocycles. The van der Waals surface area contributed by atoms with Crippen molar-refractivity contribution in [3.05, 3.63) is 40.6 Å². The van der Waals surface area contributed by atoms with Crippen molar-refractivity contribution in [2.45, 2.75) is 33.6 Å². The molecule has 0 aliphatic heterocycles. The number of fused-ring (bicyclic) bond motifs is 2. The minimum atomic E-state index is -0.441. The van der Waals surface area contributed by atoms with Crippen molar-refractivity contribution in [3.8, 4) is 0 Å². The van der Waals surface area contributed by atoms with Crippen LogP contribution in [0.2, 0.25) is 0 Å². The Morgan fingerprint density at radius 2 is 1.77 bits per heavy atom. The van der Waals surface area contributed by atoms with Crippen molar-refractivity contribution >= 4 is 17.5 Å². The number of nitrogens with zero attached hydrogens (tertiary/aromatic N) is 1. The molecule has 3 nitrogen and oxygen atoms in total. The van der Waals surface area contributed by atoms with Gasteiger partial charge in [0, 0.05) is 5.41 Å². The predicted molar refractivity (Wildman–Crippen MR) is 91.0 cm³/mol. The molecule has 0 radical (unpaired) electrons. The second-order valence-corrected chi connectivity index (χ2v) is 8.02. The summed E-state index contributed by atoms with van der Waals surface area (Å²) in [6.07, 6.45) is 4.14. The van der Waals surface area contributed by atoms with Crippen molar-refractivity contribution in [1.82, 2.24) is 4.65 Å². The molecule has 3 rings (SSSR count).